The third-order valence-corrected chi connectivity index (χ3v) is 2.93. The van der Waals surface area contributed by atoms with Crippen LogP contribution in [0.25, 0.3) is 0 Å². The molecule has 0 radical (unpaired) electrons. The van der Waals surface area contributed by atoms with E-state index in [1.54, 1.807) is 31.2 Å². The van der Waals surface area contributed by atoms with Gasteiger partial charge in [-0.3, -0.25) is 4.79 Å². The first-order valence-electron chi connectivity index (χ1n) is 6.63. The minimum atomic E-state index is -0.997. The average molecular weight is 279 g/mol. The Morgan fingerprint density at radius 2 is 1.80 bits per heavy atom. The van der Waals surface area contributed by atoms with E-state index in [0.29, 0.717) is 17.7 Å². The van der Waals surface area contributed by atoms with Gasteiger partial charge in [-0.2, -0.15) is 0 Å². The van der Waals surface area contributed by atoms with Crippen LogP contribution in [0.1, 0.15) is 37.6 Å². The number of carboxylic acids is 1. The fourth-order valence-electron chi connectivity index (χ4n) is 1.91. The number of benzene rings is 1. The number of nitrogens with zero attached hydrogens (tertiary/aromatic N) is 1. The number of carbonyl (C=O) groups excluding carboxylic acids is 1. The summed E-state index contributed by atoms with van der Waals surface area (Å²) in [5.74, 6) is -0.622. The highest BCUT2D eigenvalue weighted by atomic mass is 16.5. The molecule has 0 spiro atoms. The monoisotopic (exact) mass is 279 g/mol. The van der Waals surface area contributed by atoms with Crippen molar-refractivity contribution in [2.24, 2.45) is 0 Å². The van der Waals surface area contributed by atoms with Crippen molar-refractivity contribution in [2.75, 3.05) is 7.05 Å². The van der Waals surface area contributed by atoms with Crippen LogP contribution in [0.2, 0.25) is 0 Å². The van der Waals surface area contributed by atoms with Crippen molar-refractivity contribution in [1.29, 1.82) is 0 Å². The van der Waals surface area contributed by atoms with Gasteiger partial charge in [0.05, 0.1) is 6.10 Å². The van der Waals surface area contributed by atoms with Crippen LogP contribution >= 0.6 is 0 Å². The van der Waals surface area contributed by atoms with Crippen LogP contribution in [-0.2, 0) is 4.79 Å². The number of amides is 1. The summed E-state index contributed by atoms with van der Waals surface area (Å²) in [5.41, 5.74) is 0.448. The molecule has 0 saturated heterocycles. The van der Waals surface area contributed by atoms with E-state index in [2.05, 4.69) is 0 Å². The lowest BCUT2D eigenvalue weighted by atomic mass is 10.1. The molecule has 20 heavy (non-hydrogen) atoms. The highest BCUT2D eigenvalue weighted by molar-refractivity contribution is 5.96. The molecule has 1 atom stereocenters. The second kappa shape index (κ2) is 6.93. The molecule has 1 N–H and O–H groups in total. The average Bonchev–Trinajstić information content (AvgIpc) is 2.38. The number of rotatable bonds is 6. The van der Waals surface area contributed by atoms with Crippen molar-refractivity contribution in [2.45, 2.75) is 39.3 Å². The van der Waals surface area contributed by atoms with Gasteiger partial charge < -0.3 is 14.7 Å². The molecular formula is C15H21NO4. The van der Waals surface area contributed by atoms with Crippen LogP contribution in [0.5, 0.6) is 5.75 Å². The molecule has 0 aliphatic rings. The van der Waals surface area contributed by atoms with Crippen LogP contribution < -0.4 is 4.74 Å². The predicted octanol–water partition coefficient (Wildman–Crippen LogP) is 2.41. The maximum Gasteiger partial charge on any atom is 0.326 e. The minimum absolute atomic E-state index is 0.0655. The Hall–Kier alpha value is -2.04. The van der Waals surface area contributed by atoms with E-state index in [4.69, 9.17) is 9.84 Å². The molecule has 0 heterocycles. The van der Waals surface area contributed by atoms with Crippen LogP contribution in [0.3, 0.4) is 0 Å². The Morgan fingerprint density at radius 1 is 1.25 bits per heavy atom. The van der Waals surface area contributed by atoms with Gasteiger partial charge in [-0.25, -0.2) is 4.79 Å². The first-order chi connectivity index (χ1) is 9.36. The molecule has 110 valence electrons. The zero-order valence-electron chi connectivity index (χ0n) is 12.3. The van der Waals surface area contributed by atoms with E-state index in [0.717, 1.165) is 0 Å². The van der Waals surface area contributed by atoms with Gasteiger partial charge in [0.2, 0.25) is 0 Å². The van der Waals surface area contributed by atoms with Crippen LogP contribution in [0.15, 0.2) is 24.3 Å². The van der Waals surface area contributed by atoms with Crippen molar-refractivity contribution in [1.82, 2.24) is 4.90 Å². The van der Waals surface area contributed by atoms with Gasteiger partial charge in [0.1, 0.15) is 11.8 Å². The fourth-order valence-corrected chi connectivity index (χ4v) is 1.91. The highest BCUT2D eigenvalue weighted by Crippen LogP contribution is 2.16. The van der Waals surface area contributed by atoms with Gasteiger partial charge >= 0.3 is 5.97 Å². The summed E-state index contributed by atoms with van der Waals surface area (Å²) in [6.07, 6.45) is 0.433. The highest BCUT2D eigenvalue weighted by Gasteiger charge is 2.25. The van der Waals surface area contributed by atoms with Crippen LogP contribution in [0, 0.1) is 0 Å². The lowest BCUT2D eigenvalue weighted by molar-refractivity contribution is -0.142. The van der Waals surface area contributed by atoms with E-state index in [1.807, 2.05) is 13.8 Å². The Bertz CT molecular complexity index is 467. The fraction of sp³-hybridized carbons (Fsp3) is 0.467. The van der Waals surface area contributed by atoms with E-state index < -0.39 is 12.0 Å². The van der Waals surface area contributed by atoms with Gasteiger partial charge in [-0.15, -0.1) is 0 Å². The lowest BCUT2D eigenvalue weighted by Crippen LogP contribution is -2.41. The summed E-state index contributed by atoms with van der Waals surface area (Å²) in [6, 6.07) is 5.90. The quantitative estimate of drug-likeness (QED) is 0.868. The van der Waals surface area contributed by atoms with E-state index in [1.165, 1.54) is 11.9 Å². The summed E-state index contributed by atoms with van der Waals surface area (Å²) >= 11 is 0. The summed E-state index contributed by atoms with van der Waals surface area (Å²) in [7, 11) is 1.50. The number of carboxylic acid groups (broad SMARTS) is 1. The van der Waals surface area contributed by atoms with Crippen molar-refractivity contribution in [3.8, 4) is 5.75 Å². The summed E-state index contributed by atoms with van der Waals surface area (Å²) in [6.45, 7) is 5.58. The number of hydrogen-bond donors (Lipinski definition) is 1. The van der Waals surface area contributed by atoms with Gasteiger partial charge in [-0.1, -0.05) is 6.92 Å². The smallest absolute Gasteiger partial charge is 0.326 e. The molecule has 0 aliphatic heterocycles. The Labute approximate surface area is 119 Å². The largest absolute Gasteiger partial charge is 0.491 e. The zero-order valence-corrected chi connectivity index (χ0v) is 12.3. The Morgan fingerprint density at radius 3 is 2.20 bits per heavy atom. The molecular weight excluding hydrogens is 258 g/mol. The second-order valence-corrected chi connectivity index (χ2v) is 4.87. The number of hydrogen-bond acceptors (Lipinski definition) is 3. The molecule has 0 aromatic heterocycles. The predicted molar refractivity (Wildman–Crippen MR) is 76.0 cm³/mol. The van der Waals surface area contributed by atoms with Gasteiger partial charge in [-0.05, 0) is 44.5 Å². The zero-order chi connectivity index (χ0) is 15.3. The summed E-state index contributed by atoms with van der Waals surface area (Å²) in [4.78, 5) is 24.5. The molecule has 1 aromatic carbocycles. The first kappa shape index (κ1) is 16.0. The van der Waals surface area contributed by atoms with Crippen molar-refractivity contribution >= 4 is 11.9 Å². The normalized spacial score (nSPS) is 12.1. The number of carbonyl (C=O) groups is 2. The molecule has 1 amide bonds. The molecule has 1 aromatic rings. The van der Waals surface area contributed by atoms with Gasteiger partial charge in [0.25, 0.3) is 5.91 Å². The molecule has 5 heteroatoms. The van der Waals surface area contributed by atoms with E-state index in [-0.39, 0.29) is 12.0 Å². The summed E-state index contributed by atoms with van der Waals surface area (Å²) < 4.78 is 5.50. The molecule has 1 rings (SSSR count). The first-order valence-corrected chi connectivity index (χ1v) is 6.63. The standard InChI is InChI=1S/C15H21NO4/c1-5-13(15(18)19)16(4)14(17)11-6-8-12(9-7-11)20-10(2)3/h6-10,13H,5H2,1-4H3,(H,18,19). The minimum Gasteiger partial charge on any atom is -0.491 e. The van der Waals surface area contributed by atoms with Gasteiger partial charge in [0, 0.05) is 12.6 Å². The van der Waals surface area contributed by atoms with Gasteiger partial charge in [0.15, 0.2) is 0 Å². The number of aliphatic carboxylic acids is 1. The lowest BCUT2D eigenvalue weighted by Gasteiger charge is -2.23. The summed E-state index contributed by atoms with van der Waals surface area (Å²) in [5, 5.41) is 9.07. The van der Waals surface area contributed by atoms with Crippen molar-refractivity contribution in [3.05, 3.63) is 29.8 Å². The molecule has 1 unspecified atom stereocenters. The maximum absolute atomic E-state index is 12.2. The second-order valence-electron chi connectivity index (χ2n) is 4.87. The van der Waals surface area contributed by atoms with Crippen molar-refractivity contribution < 1.29 is 19.4 Å². The van der Waals surface area contributed by atoms with E-state index >= 15 is 0 Å². The van der Waals surface area contributed by atoms with Crippen LogP contribution in [0.4, 0.5) is 0 Å². The molecule has 0 aliphatic carbocycles. The third kappa shape index (κ3) is 3.98. The molecule has 5 nitrogen and oxygen atoms in total. The van der Waals surface area contributed by atoms with Crippen molar-refractivity contribution in [3.63, 3.8) is 0 Å². The molecule has 0 saturated carbocycles. The topological polar surface area (TPSA) is 66.8 Å². The number of likely N-dealkylation sites (N-methyl/N-ethyl adjacent to an activating group) is 1. The SMILES string of the molecule is CCC(C(=O)O)N(C)C(=O)c1ccc(OC(C)C)cc1. The Kier molecular flexibility index (Phi) is 5.55. The van der Waals surface area contributed by atoms with E-state index in [9.17, 15) is 9.59 Å². The maximum atomic E-state index is 12.2. The molecule has 0 fully saturated rings. The van der Waals surface area contributed by atoms with Crippen LogP contribution in [-0.4, -0.2) is 41.1 Å². The number of ether oxygens (including phenoxy) is 1. The Balaban J connectivity index is 2.84. The third-order valence-electron chi connectivity index (χ3n) is 2.93. The molecule has 0 bridgehead atoms.